The molecule has 0 saturated heterocycles. The van der Waals surface area contributed by atoms with Gasteiger partial charge in [-0.25, -0.2) is 8.42 Å². The maximum absolute atomic E-state index is 11.5. The molecule has 1 aromatic carbocycles. The summed E-state index contributed by atoms with van der Waals surface area (Å²) in [5, 5.41) is 3.95. The summed E-state index contributed by atoms with van der Waals surface area (Å²) in [5.41, 5.74) is 1.04. The van der Waals surface area contributed by atoms with Crippen LogP contribution in [0.25, 0.3) is 0 Å². The van der Waals surface area contributed by atoms with Crippen molar-refractivity contribution in [3.8, 4) is 0 Å². The molecule has 2 aromatic rings. The molecule has 0 saturated carbocycles. The maximum atomic E-state index is 11.5. The third-order valence-electron chi connectivity index (χ3n) is 3.82. The Morgan fingerprint density at radius 3 is 2.48 bits per heavy atom. The Kier molecular flexibility index (Phi) is 5.54. The van der Waals surface area contributed by atoms with Crippen molar-refractivity contribution in [2.45, 2.75) is 44.2 Å². The van der Waals surface area contributed by atoms with Crippen molar-refractivity contribution in [3.05, 3.63) is 41.5 Å². The lowest BCUT2D eigenvalue weighted by Crippen LogP contribution is -2.22. The zero-order chi connectivity index (χ0) is 17.0. The number of hydrogen-bond donors (Lipinski definition) is 0. The number of aryl methyl sites for hydroxylation is 1. The molecule has 1 aromatic heterocycles. The summed E-state index contributed by atoms with van der Waals surface area (Å²) in [4.78, 5) is 6.78. The first-order valence-corrected chi connectivity index (χ1v) is 9.52. The summed E-state index contributed by atoms with van der Waals surface area (Å²) in [6, 6.07) is 7.06. The van der Waals surface area contributed by atoms with Crippen molar-refractivity contribution in [2.75, 3.05) is 13.3 Å². The minimum Gasteiger partial charge on any atom is -0.338 e. The summed E-state index contributed by atoms with van der Waals surface area (Å²) >= 11 is 0. The van der Waals surface area contributed by atoms with Gasteiger partial charge in [0.1, 0.15) is 0 Å². The predicted molar refractivity (Wildman–Crippen MR) is 87.7 cm³/mol. The van der Waals surface area contributed by atoms with Crippen LogP contribution < -0.4 is 0 Å². The minimum absolute atomic E-state index is 0.102. The Morgan fingerprint density at radius 2 is 1.91 bits per heavy atom. The summed E-state index contributed by atoms with van der Waals surface area (Å²) in [7, 11) is -1.19. The first-order chi connectivity index (χ1) is 10.8. The molecule has 0 N–H and O–H groups in total. The molecule has 0 amide bonds. The van der Waals surface area contributed by atoms with Gasteiger partial charge in [-0.3, -0.25) is 4.90 Å². The van der Waals surface area contributed by atoms with Crippen LogP contribution in [-0.2, 0) is 22.8 Å². The molecule has 7 heteroatoms. The lowest BCUT2D eigenvalue weighted by Gasteiger charge is -2.23. The smallest absolute Gasteiger partial charge is 0.240 e. The Balaban J connectivity index is 2.05. The van der Waals surface area contributed by atoms with Crippen molar-refractivity contribution in [1.29, 1.82) is 0 Å². The van der Waals surface area contributed by atoms with Crippen molar-refractivity contribution in [2.24, 2.45) is 0 Å². The fourth-order valence-electron chi connectivity index (χ4n) is 2.28. The molecule has 23 heavy (non-hydrogen) atoms. The molecule has 1 heterocycles. The van der Waals surface area contributed by atoms with Gasteiger partial charge < -0.3 is 4.52 Å². The molecule has 0 aliphatic carbocycles. The molecule has 0 unspecified atom stereocenters. The molecule has 6 nitrogen and oxygen atoms in total. The first-order valence-electron chi connectivity index (χ1n) is 7.63. The molecular formula is C16H23N3O3S. The number of rotatable bonds is 7. The Hall–Kier alpha value is -1.73. The monoisotopic (exact) mass is 337 g/mol. The van der Waals surface area contributed by atoms with Gasteiger partial charge in [0, 0.05) is 18.7 Å². The molecule has 0 aliphatic heterocycles. The minimum atomic E-state index is -3.16. The molecule has 2 rings (SSSR count). The second kappa shape index (κ2) is 7.23. The van der Waals surface area contributed by atoms with Gasteiger partial charge >= 0.3 is 0 Å². The zero-order valence-corrected chi connectivity index (χ0v) is 14.8. The van der Waals surface area contributed by atoms with Crippen LogP contribution in [-0.4, -0.2) is 36.8 Å². The summed E-state index contributed by atoms with van der Waals surface area (Å²) < 4.78 is 28.3. The number of sulfone groups is 1. The lowest BCUT2D eigenvalue weighted by atomic mass is 10.1. The highest BCUT2D eigenvalue weighted by Crippen LogP contribution is 2.22. The molecule has 0 aliphatic rings. The largest absolute Gasteiger partial charge is 0.338 e. The van der Waals surface area contributed by atoms with Crippen LogP contribution in [0.15, 0.2) is 33.7 Å². The van der Waals surface area contributed by atoms with Gasteiger partial charge in [-0.2, -0.15) is 4.98 Å². The topological polar surface area (TPSA) is 76.3 Å². The SMILES string of the molecule is CCCc1noc(CN(C)[C@H](C)c2ccc(S(C)(=O)=O)cc2)n1. The van der Waals surface area contributed by atoms with E-state index < -0.39 is 9.84 Å². The van der Waals surface area contributed by atoms with E-state index in [0.717, 1.165) is 24.2 Å². The maximum Gasteiger partial charge on any atom is 0.240 e. The first kappa shape index (κ1) is 17.6. The second-order valence-corrected chi connectivity index (χ2v) is 7.80. The van der Waals surface area contributed by atoms with Crippen molar-refractivity contribution in [3.63, 3.8) is 0 Å². The summed E-state index contributed by atoms with van der Waals surface area (Å²) in [6.45, 7) is 4.68. The number of aromatic nitrogens is 2. The van der Waals surface area contributed by atoms with Gasteiger partial charge in [0.15, 0.2) is 15.7 Å². The lowest BCUT2D eigenvalue weighted by molar-refractivity contribution is 0.216. The Bertz CT molecular complexity index is 738. The standard InChI is InChI=1S/C16H23N3O3S/c1-5-6-15-17-16(22-18-15)11-19(3)12(2)13-7-9-14(10-8-13)23(4,20)21/h7-10,12H,5-6,11H2,1-4H3/t12-/m1/s1. The van der Waals surface area contributed by atoms with Crippen LogP contribution in [0.5, 0.6) is 0 Å². The van der Waals surface area contributed by atoms with Crippen LogP contribution in [0.3, 0.4) is 0 Å². The second-order valence-electron chi connectivity index (χ2n) is 5.79. The van der Waals surface area contributed by atoms with Gasteiger partial charge in [0.05, 0.1) is 11.4 Å². The van der Waals surface area contributed by atoms with Gasteiger partial charge in [-0.15, -0.1) is 0 Å². The van der Waals surface area contributed by atoms with E-state index in [9.17, 15) is 8.42 Å². The van der Waals surface area contributed by atoms with Crippen LogP contribution >= 0.6 is 0 Å². The van der Waals surface area contributed by atoms with Crippen LogP contribution in [0.4, 0.5) is 0 Å². The number of hydrogen-bond acceptors (Lipinski definition) is 6. The van der Waals surface area contributed by atoms with E-state index in [1.807, 2.05) is 19.2 Å². The molecule has 0 fully saturated rings. The van der Waals surface area contributed by atoms with Gasteiger partial charge in [-0.1, -0.05) is 24.2 Å². The third kappa shape index (κ3) is 4.62. The van der Waals surface area contributed by atoms with Crippen LogP contribution in [0.2, 0.25) is 0 Å². The highest BCUT2D eigenvalue weighted by Gasteiger charge is 2.16. The fraction of sp³-hybridized carbons (Fsp3) is 0.500. The van der Waals surface area contributed by atoms with Crippen LogP contribution in [0, 0.1) is 0 Å². The third-order valence-corrected chi connectivity index (χ3v) is 4.95. The number of nitrogens with zero attached hydrogens (tertiary/aromatic N) is 3. The normalized spacial score (nSPS) is 13.4. The van der Waals surface area contributed by atoms with E-state index in [1.54, 1.807) is 12.1 Å². The quantitative estimate of drug-likeness (QED) is 0.773. The van der Waals surface area contributed by atoms with E-state index in [4.69, 9.17) is 4.52 Å². The molecular weight excluding hydrogens is 314 g/mol. The molecule has 0 radical (unpaired) electrons. The zero-order valence-electron chi connectivity index (χ0n) is 14.0. The average Bonchev–Trinajstić information content (AvgIpc) is 2.93. The molecule has 126 valence electrons. The van der Waals surface area contributed by atoms with Gasteiger partial charge in [-0.05, 0) is 38.1 Å². The molecule has 1 atom stereocenters. The van der Waals surface area contributed by atoms with Crippen LogP contribution in [0.1, 0.15) is 43.6 Å². The molecule has 0 spiro atoms. The highest BCUT2D eigenvalue weighted by atomic mass is 32.2. The summed E-state index contributed by atoms with van der Waals surface area (Å²) in [6.07, 6.45) is 3.01. The molecule has 0 bridgehead atoms. The van der Waals surface area contributed by atoms with E-state index in [0.29, 0.717) is 17.3 Å². The van der Waals surface area contributed by atoms with Gasteiger partial charge in [0.2, 0.25) is 5.89 Å². The average molecular weight is 337 g/mol. The summed E-state index contributed by atoms with van der Waals surface area (Å²) in [5.74, 6) is 1.33. The van der Waals surface area contributed by atoms with E-state index in [2.05, 4.69) is 28.9 Å². The van der Waals surface area contributed by atoms with E-state index >= 15 is 0 Å². The highest BCUT2D eigenvalue weighted by molar-refractivity contribution is 7.90. The fourth-order valence-corrected chi connectivity index (χ4v) is 2.91. The van der Waals surface area contributed by atoms with E-state index in [-0.39, 0.29) is 6.04 Å². The van der Waals surface area contributed by atoms with Crippen molar-refractivity contribution in [1.82, 2.24) is 15.0 Å². The van der Waals surface area contributed by atoms with E-state index in [1.165, 1.54) is 6.26 Å². The van der Waals surface area contributed by atoms with Crippen molar-refractivity contribution >= 4 is 9.84 Å². The Morgan fingerprint density at radius 1 is 1.26 bits per heavy atom. The van der Waals surface area contributed by atoms with Crippen molar-refractivity contribution < 1.29 is 12.9 Å². The van der Waals surface area contributed by atoms with Gasteiger partial charge in [0.25, 0.3) is 0 Å². The number of benzene rings is 1. The Labute approximate surface area is 137 Å². The predicted octanol–water partition coefficient (Wildman–Crippen LogP) is 2.62.